The molecule has 0 saturated carbocycles. The third kappa shape index (κ3) is 2.96. The predicted molar refractivity (Wildman–Crippen MR) is 60.9 cm³/mol. The summed E-state index contributed by atoms with van der Waals surface area (Å²) >= 11 is 0. The number of carbonyl (C=O) groups excluding carboxylic acids is 1. The van der Waals surface area contributed by atoms with Crippen molar-refractivity contribution in [1.29, 1.82) is 0 Å². The van der Waals surface area contributed by atoms with Crippen LogP contribution in [0, 0.1) is 0 Å². The lowest BCUT2D eigenvalue weighted by atomic mass is 10.4. The molecule has 0 saturated heterocycles. The Bertz CT molecular complexity index is 513. The van der Waals surface area contributed by atoms with Gasteiger partial charge in [0.05, 0.1) is 6.07 Å². The van der Waals surface area contributed by atoms with Crippen LogP contribution in [-0.4, -0.2) is 38.6 Å². The van der Waals surface area contributed by atoms with Crippen LogP contribution in [0.25, 0.3) is 0 Å². The Hall–Kier alpha value is -2.05. The minimum atomic E-state index is -0.796. The Kier molecular flexibility index (Phi) is 4.08. The molecule has 7 nitrogen and oxygen atoms in total. The smallest absolute Gasteiger partial charge is 0.331 e. The highest BCUT2D eigenvalue weighted by Gasteiger charge is 2.13. The monoisotopic (exact) mass is 241 g/mol. The highest BCUT2D eigenvalue weighted by molar-refractivity contribution is 5.76. The van der Waals surface area contributed by atoms with Gasteiger partial charge in [0.15, 0.2) is 0 Å². The SMILES string of the molecule is CCN(CC)C(=O)Cn1c(O)cc(=O)[nH]c1=O. The number of nitrogens with one attached hydrogen (secondary N) is 1. The summed E-state index contributed by atoms with van der Waals surface area (Å²) in [5.74, 6) is -0.807. The second-order valence-electron chi connectivity index (χ2n) is 3.45. The van der Waals surface area contributed by atoms with Crippen LogP contribution in [0.1, 0.15) is 13.8 Å². The lowest BCUT2D eigenvalue weighted by Gasteiger charge is -2.19. The van der Waals surface area contributed by atoms with E-state index in [2.05, 4.69) is 0 Å². The molecule has 0 spiro atoms. The molecular formula is C10H15N3O4. The van der Waals surface area contributed by atoms with E-state index in [-0.39, 0.29) is 12.5 Å². The van der Waals surface area contributed by atoms with Gasteiger partial charge < -0.3 is 10.0 Å². The Morgan fingerprint density at radius 3 is 2.47 bits per heavy atom. The minimum Gasteiger partial charge on any atom is -0.494 e. The van der Waals surface area contributed by atoms with Crippen LogP contribution in [0.4, 0.5) is 0 Å². The summed E-state index contributed by atoms with van der Waals surface area (Å²) in [6.07, 6.45) is 0. The quantitative estimate of drug-likeness (QED) is 0.715. The molecule has 0 radical (unpaired) electrons. The molecule has 17 heavy (non-hydrogen) atoms. The molecule has 94 valence electrons. The number of H-pyrrole nitrogens is 1. The maximum Gasteiger partial charge on any atom is 0.331 e. The summed E-state index contributed by atoms with van der Waals surface area (Å²) in [6, 6.07) is 0.858. The third-order valence-corrected chi connectivity index (χ3v) is 2.42. The van der Waals surface area contributed by atoms with E-state index in [1.165, 1.54) is 4.90 Å². The number of carbonyl (C=O) groups is 1. The van der Waals surface area contributed by atoms with E-state index < -0.39 is 17.1 Å². The Morgan fingerprint density at radius 1 is 1.41 bits per heavy atom. The molecule has 0 atom stereocenters. The van der Waals surface area contributed by atoms with E-state index in [9.17, 15) is 19.5 Å². The second-order valence-corrected chi connectivity index (χ2v) is 3.45. The van der Waals surface area contributed by atoms with Crippen molar-refractivity contribution in [2.45, 2.75) is 20.4 Å². The summed E-state index contributed by atoms with van der Waals surface area (Å²) < 4.78 is 0.821. The van der Waals surface area contributed by atoms with Gasteiger partial charge in [0.25, 0.3) is 5.56 Å². The molecular weight excluding hydrogens is 226 g/mol. The first kappa shape index (κ1) is 13.0. The molecule has 1 heterocycles. The maximum absolute atomic E-state index is 11.7. The number of hydrogen-bond donors (Lipinski definition) is 2. The van der Waals surface area contributed by atoms with E-state index in [1.807, 2.05) is 18.8 Å². The fourth-order valence-corrected chi connectivity index (χ4v) is 1.47. The topological polar surface area (TPSA) is 95.4 Å². The molecule has 1 rings (SSSR count). The number of nitrogens with zero attached hydrogens (tertiary/aromatic N) is 2. The normalized spacial score (nSPS) is 10.2. The summed E-state index contributed by atoms with van der Waals surface area (Å²) in [6.45, 7) is 4.39. The van der Waals surface area contributed by atoms with E-state index in [0.717, 1.165) is 10.6 Å². The van der Waals surface area contributed by atoms with Gasteiger partial charge in [-0.05, 0) is 13.8 Å². The van der Waals surface area contributed by atoms with Crippen LogP contribution >= 0.6 is 0 Å². The molecule has 1 aromatic rings. The van der Waals surface area contributed by atoms with E-state index in [4.69, 9.17) is 0 Å². The van der Waals surface area contributed by atoms with Crippen molar-refractivity contribution < 1.29 is 9.90 Å². The number of aromatic hydroxyl groups is 1. The Morgan fingerprint density at radius 2 is 2.00 bits per heavy atom. The van der Waals surface area contributed by atoms with Crippen molar-refractivity contribution in [1.82, 2.24) is 14.5 Å². The molecule has 1 aromatic heterocycles. The van der Waals surface area contributed by atoms with Crippen molar-refractivity contribution >= 4 is 5.91 Å². The highest BCUT2D eigenvalue weighted by atomic mass is 16.3. The van der Waals surface area contributed by atoms with E-state index in [0.29, 0.717) is 13.1 Å². The Balaban J connectivity index is 3.00. The zero-order valence-corrected chi connectivity index (χ0v) is 9.77. The zero-order chi connectivity index (χ0) is 13.0. The number of hydrogen-bond acceptors (Lipinski definition) is 4. The van der Waals surface area contributed by atoms with Crippen LogP contribution in [-0.2, 0) is 11.3 Å². The fraction of sp³-hybridized carbons (Fsp3) is 0.500. The predicted octanol–water partition coefficient (Wildman–Crippen LogP) is -0.889. The van der Waals surface area contributed by atoms with Gasteiger partial charge >= 0.3 is 5.69 Å². The molecule has 7 heteroatoms. The van der Waals surface area contributed by atoms with Crippen molar-refractivity contribution in [3.8, 4) is 5.88 Å². The largest absolute Gasteiger partial charge is 0.494 e. The molecule has 2 N–H and O–H groups in total. The fourth-order valence-electron chi connectivity index (χ4n) is 1.47. The zero-order valence-electron chi connectivity index (χ0n) is 9.77. The molecule has 0 bridgehead atoms. The van der Waals surface area contributed by atoms with Crippen LogP contribution in [0.3, 0.4) is 0 Å². The molecule has 0 aliphatic heterocycles. The van der Waals surface area contributed by atoms with Crippen molar-refractivity contribution in [2.24, 2.45) is 0 Å². The average molecular weight is 241 g/mol. The van der Waals surface area contributed by atoms with Gasteiger partial charge in [-0.25, -0.2) is 4.79 Å². The molecule has 0 unspecified atom stereocenters. The number of likely N-dealkylation sites (N-methyl/N-ethyl adjacent to an activating group) is 1. The summed E-state index contributed by atoms with van der Waals surface area (Å²) in [5, 5.41) is 9.42. The van der Waals surface area contributed by atoms with Gasteiger partial charge in [-0.1, -0.05) is 0 Å². The summed E-state index contributed by atoms with van der Waals surface area (Å²) in [4.78, 5) is 37.5. The lowest BCUT2D eigenvalue weighted by molar-refractivity contribution is -0.131. The van der Waals surface area contributed by atoms with E-state index >= 15 is 0 Å². The first-order chi connectivity index (χ1) is 7.99. The average Bonchev–Trinajstić information content (AvgIpc) is 2.25. The summed E-state index contributed by atoms with van der Waals surface area (Å²) in [5.41, 5.74) is -1.49. The second kappa shape index (κ2) is 5.33. The highest BCUT2D eigenvalue weighted by Crippen LogP contribution is 2.01. The maximum atomic E-state index is 11.7. The number of rotatable bonds is 4. The third-order valence-electron chi connectivity index (χ3n) is 2.42. The number of aromatic nitrogens is 2. The molecule has 1 amide bonds. The van der Waals surface area contributed by atoms with Gasteiger partial charge in [-0.2, -0.15) is 0 Å². The van der Waals surface area contributed by atoms with Crippen LogP contribution < -0.4 is 11.2 Å². The van der Waals surface area contributed by atoms with Gasteiger partial charge in [0.2, 0.25) is 11.8 Å². The van der Waals surface area contributed by atoms with Crippen LogP contribution in [0.2, 0.25) is 0 Å². The van der Waals surface area contributed by atoms with Crippen molar-refractivity contribution in [3.63, 3.8) is 0 Å². The van der Waals surface area contributed by atoms with Crippen molar-refractivity contribution in [3.05, 3.63) is 26.9 Å². The number of amides is 1. The van der Waals surface area contributed by atoms with Gasteiger partial charge in [0.1, 0.15) is 6.54 Å². The first-order valence-electron chi connectivity index (χ1n) is 5.30. The Labute approximate surface area is 97.3 Å². The van der Waals surface area contributed by atoms with Crippen molar-refractivity contribution in [2.75, 3.05) is 13.1 Å². The molecule has 0 fully saturated rings. The standard InChI is InChI=1S/C10H15N3O4/c1-3-12(4-2)9(16)6-13-8(15)5-7(14)11-10(13)17/h5,15H,3-4,6H2,1-2H3,(H,11,14,17). The van der Waals surface area contributed by atoms with Gasteiger partial charge in [-0.15, -0.1) is 0 Å². The summed E-state index contributed by atoms with van der Waals surface area (Å²) in [7, 11) is 0. The lowest BCUT2D eigenvalue weighted by Crippen LogP contribution is -2.38. The van der Waals surface area contributed by atoms with E-state index in [1.54, 1.807) is 0 Å². The molecule has 0 aliphatic carbocycles. The molecule has 0 aliphatic rings. The van der Waals surface area contributed by atoms with Crippen LogP contribution in [0.5, 0.6) is 5.88 Å². The molecule has 0 aromatic carbocycles. The number of aromatic amines is 1. The minimum absolute atomic E-state index is 0.289. The van der Waals surface area contributed by atoms with Gasteiger partial charge in [-0.3, -0.25) is 19.1 Å². The first-order valence-corrected chi connectivity index (χ1v) is 5.30. The van der Waals surface area contributed by atoms with Crippen LogP contribution in [0.15, 0.2) is 15.7 Å². The van der Waals surface area contributed by atoms with Gasteiger partial charge in [0, 0.05) is 13.1 Å².